The number of esters is 1. The van der Waals surface area contributed by atoms with E-state index < -0.39 is 0 Å². The van der Waals surface area contributed by atoms with Crippen LogP contribution >= 0.6 is 0 Å². The van der Waals surface area contributed by atoms with Crippen LogP contribution in [0, 0.1) is 11.8 Å². The van der Waals surface area contributed by atoms with Crippen LogP contribution < -0.4 is 0 Å². The summed E-state index contributed by atoms with van der Waals surface area (Å²) in [6, 6.07) is 0. The average Bonchev–Trinajstić information content (AvgIpc) is 2.45. The number of fused-ring (bicyclic) bond motifs is 2. The molecule has 0 aromatic carbocycles. The van der Waals surface area contributed by atoms with Crippen LogP contribution in [0.3, 0.4) is 0 Å². The molecule has 0 radical (unpaired) electrons. The second-order valence-corrected chi connectivity index (χ2v) is 4.73. The molecule has 1 heterocycles. The molecule has 84 valence electrons. The third-order valence-corrected chi connectivity index (χ3v) is 3.51. The lowest BCUT2D eigenvalue weighted by molar-refractivity contribution is -0.149. The van der Waals surface area contributed by atoms with Crippen LogP contribution in [0.25, 0.3) is 0 Å². The Morgan fingerprint density at radius 2 is 2.07 bits per heavy atom. The van der Waals surface area contributed by atoms with Crippen molar-refractivity contribution in [3.05, 3.63) is 11.8 Å². The van der Waals surface area contributed by atoms with Crippen molar-refractivity contribution in [2.24, 2.45) is 11.8 Å². The predicted molar refractivity (Wildman–Crippen MR) is 59.1 cm³/mol. The van der Waals surface area contributed by atoms with E-state index in [2.05, 4.69) is 13.0 Å². The normalized spacial score (nSPS) is 33.7. The SMILES string of the molecule is CCC/C=C1\OC(=O)C2CCCCC1C2. The van der Waals surface area contributed by atoms with E-state index in [0.717, 1.165) is 31.4 Å². The lowest BCUT2D eigenvalue weighted by atomic mass is 9.88. The number of hydrogen-bond donors (Lipinski definition) is 0. The van der Waals surface area contributed by atoms with Gasteiger partial charge in [-0.2, -0.15) is 0 Å². The summed E-state index contributed by atoms with van der Waals surface area (Å²) in [5.41, 5.74) is 0. The fraction of sp³-hybridized carbons (Fsp3) is 0.769. The van der Waals surface area contributed by atoms with Crippen molar-refractivity contribution in [3.63, 3.8) is 0 Å². The summed E-state index contributed by atoms with van der Waals surface area (Å²) in [6.07, 6.45) is 10.0. The number of carbonyl (C=O) groups excluding carboxylic acids is 1. The third kappa shape index (κ3) is 2.42. The Morgan fingerprint density at radius 1 is 1.33 bits per heavy atom. The van der Waals surface area contributed by atoms with Gasteiger partial charge in [0.1, 0.15) is 5.76 Å². The lowest BCUT2D eigenvalue weighted by Gasteiger charge is -2.27. The molecule has 2 rings (SSSR count). The molecule has 0 aromatic rings. The Kier molecular flexibility index (Phi) is 3.45. The molecule has 0 aromatic heterocycles. The molecule has 2 heteroatoms. The van der Waals surface area contributed by atoms with Crippen LogP contribution in [-0.4, -0.2) is 5.97 Å². The van der Waals surface area contributed by atoms with E-state index in [-0.39, 0.29) is 11.9 Å². The minimum atomic E-state index is 0.0236. The topological polar surface area (TPSA) is 26.3 Å². The fourth-order valence-corrected chi connectivity index (χ4v) is 2.61. The Bertz CT molecular complexity index is 268. The molecule has 15 heavy (non-hydrogen) atoms. The minimum absolute atomic E-state index is 0.0236. The molecule has 2 fully saturated rings. The first kappa shape index (κ1) is 10.7. The largest absolute Gasteiger partial charge is 0.431 e. The molecule has 0 amide bonds. The van der Waals surface area contributed by atoms with E-state index in [1.54, 1.807) is 0 Å². The number of hydrogen-bond acceptors (Lipinski definition) is 2. The molecule has 1 saturated heterocycles. The number of unbranched alkanes of at least 4 members (excludes halogenated alkanes) is 1. The number of ether oxygens (including phenoxy) is 1. The van der Waals surface area contributed by atoms with Gasteiger partial charge in [-0.1, -0.05) is 26.2 Å². The fourth-order valence-electron chi connectivity index (χ4n) is 2.61. The summed E-state index contributed by atoms with van der Waals surface area (Å²) in [7, 11) is 0. The molecular weight excluding hydrogens is 188 g/mol. The number of allylic oxidation sites excluding steroid dienone is 2. The van der Waals surface area contributed by atoms with Crippen molar-refractivity contribution < 1.29 is 9.53 Å². The highest BCUT2D eigenvalue weighted by Gasteiger charge is 2.35. The van der Waals surface area contributed by atoms with Crippen LogP contribution in [0.2, 0.25) is 0 Å². The van der Waals surface area contributed by atoms with Crippen molar-refractivity contribution in [1.82, 2.24) is 0 Å². The van der Waals surface area contributed by atoms with Gasteiger partial charge in [-0.15, -0.1) is 0 Å². The number of carbonyl (C=O) groups is 1. The van der Waals surface area contributed by atoms with E-state index in [9.17, 15) is 4.79 Å². The molecule has 0 N–H and O–H groups in total. The molecule has 1 aliphatic carbocycles. The summed E-state index contributed by atoms with van der Waals surface area (Å²) in [5, 5.41) is 0. The maximum Gasteiger partial charge on any atom is 0.314 e. The van der Waals surface area contributed by atoms with Gasteiger partial charge in [-0.05, 0) is 31.8 Å². The summed E-state index contributed by atoms with van der Waals surface area (Å²) in [4.78, 5) is 11.7. The summed E-state index contributed by atoms with van der Waals surface area (Å²) in [5.74, 6) is 1.72. The second kappa shape index (κ2) is 4.82. The number of rotatable bonds is 2. The summed E-state index contributed by atoms with van der Waals surface area (Å²) >= 11 is 0. The Morgan fingerprint density at radius 3 is 2.80 bits per heavy atom. The Balaban J connectivity index is 2.10. The van der Waals surface area contributed by atoms with Gasteiger partial charge in [-0.25, -0.2) is 0 Å². The average molecular weight is 208 g/mol. The van der Waals surface area contributed by atoms with Crippen LogP contribution in [0.1, 0.15) is 51.9 Å². The standard InChI is InChI=1S/C13H20O2/c1-2-3-8-12-10-6-4-5-7-11(9-10)13(14)15-12/h8,10-11H,2-7,9H2,1H3/b12-8-. The van der Waals surface area contributed by atoms with Crippen LogP contribution in [0.5, 0.6) is 0 Å². The van der Waals surface area contributed by atoms with Gasteiger partial charge < -0.3 is 4.74 Å². The summed E-state index contributed by atoms with van der Waals surface area (Å²) in [6.45, 7) is 2.15. The van der Waals surface area contributed by atoms with Crippen LogP contribution in [0.15, 0.2) is 11.8 Å². The quantitative estimate of drug-likeness (QED) is 0.650. The van der Waals surface area contributed by atoms with Gasteiger partial charge >= 0.3 is 5.97 Å². The van der Waals surface area contributed by atoms with E-state index in [1.165, 1.54) is 19.3 Å². The smallest absolute Gasteiger partial charge is 0.314 e. The van der Waals surface area contributed by atoms with E-state index >= 15 is 0 Å². The molecule has 1 saturated carbocycles. The second-order valence-electron chi connectivity index (χ2n) is 4.73. The maximum atomic E-state index is 11.7. The van der Waals surface area contributed by atoms with Gasteiger partial charge in [0.2, 0.25) is 0 Å². The van der Waals surface area contributed by atoms with E-state index in [1.807, 2.05) is 0 Å². The maximum absolute atomic E-state index is 11.7. The van der Waals surface area contributed by atoms with Gasteiger partial charge in [0.25, 0.3) is 0 Å². The van der Waals surface area contributed by atoms with Gasteiger partial charge in [-0.3, -0.25) is 4.79 Å². The molecule has 2 atom stereocenters. The molecule has 2 bridgehead atoms. The molecule has 2 unspecified atom stereocenters. The van der Waals surface area contributed by atoms with Crippen LogP contribution in [0.4, 0.5) is 0 Å². The van der Waals surface area contributed by atoms with Crippen molar-refractivity contribution in [3.8, 4) is 0 Å². The van der Waals surface area contributed by atoms with Crippen molar-refractivity contribution >= 4 is 5.97 Å². The first-order chi connectivity index (χ1) is 7.31. The highest BCUT2D eigenvalue weighted by Crippen LogP contribution is 2.38. The van der Waals surface area contributed by atoms with Gasteiger partial charge in [0.15, 0.2) is 0 Å². The predicted octanol–water partition coefficient (Wildman–Crippen LogP) is 3.42. The lowest BCUT2D eigenvalue weighted by Crippen LogP contribution is -2.27. The van der Waals surface area contributed by atoms with E-state index in [0.29, 0.717) is 5.92 Å². The van der Waals surface area contributed by atoms with Crippen LogP contribution in [-0.2, 0) is 9.53 Å². The number of cyclic esters (lactones) is 1. The van der Waals surface area contributed by atoms with Crippen molar-refractivity contribution in [1.29, 1.82) is 0 Å². The first-order valence-corrected chi connectivity index (χ1v) is 6.23. The van der Waals surface area contributed by atoms with Crippen molar-refractivity contribution in [2.75, 3.05) is 0 Å². The molecule has 1 aliphatic heterocycles. The monoisotopic (exact) mass is 208 g/mol. The van der Waals surface area contributed by atoms with Gasteiger partial charge in [0, 0.05) is 5.92 Å². The molecule has 2 nitrogen and oxygen atoms in total. The Labute approximate surface area is 91.7 Å². The Hall–Kier alpha value is -0.790. The minimum Gasteiger partial charge on any atom is -0.431 e. The zero-order valence-corrected chi connectivity index (χ0v) is 9.50. The molecular formula is C13H20O2. The first-order valence-electron chi connectivity index (χ1n) is 6.23. The van der Waals surface area contributed by atoms with E-state index in [4.69, 9.17) is 4.74 Å². The summed E-state index contributed by atoms with van der Waals surface area (Å²) < 4.78 is 5.46. The van der Waals surface area contributed by atoms with Gasteiger partial charge in [0.05, 0.1) is 5.92 Å². The zero-order valence-electron chi connectivity index (χ0n) is 9.50. The van der Waals surface area contributed by atoms with Crippen molar-refractivity contribution in [2.45, 2.75) is 51.9 Å². The zero-order chi connectivity index (χ0) is 10.7. The highest BCUT2D eigenvalue weighted by atomic mass is 16.5. The molecule has 2 aliphatic rings. The molecule has 0 spiro atoms. The third-order valence-electron chi connectivity index (χ3n) is 3.51. The highest BCUT2D eigenvalue weighted by molar-refractivity contribution is 5.74.